The Labute approximate surface area is 125 Å². The molecule has 0 bridgehead atoms. The monoisotopic (exact) mass is 367 g/mol. The van der Waals surface area contributed by atoms with Crippen molar-refractivity contribution in [2.24, 2.45) is 4.99 Å². The lowest BCUT2D eigenvalue weighted by Gasteiger charge is -2.19. The summed E-state index contributed by atoms with van der Waals surface area (Å²) in [7, 11) is 0. The van der Waals surface area contributed by atoms with Crippen LogP contribution in [0.25, 0.3) is 0 Å². The van der Waals surface area contributed by atoms with E-state index in [1.165, 1.54) is 0 Å². The normalized spacial score (nSPS) is 13.1. The highest BCUT2D eigenvalue weighted by Gasteiger charge is 2.25. The van der Waals surface area contributed by atoms with Crippen LogP contribution in [0.15, 0.2) is 27.8 Å². The third-order valence-electron chi connectivity index (χ3n) is 2.29. The van der Waals surface area contributed by atoms with E-state index in [4.69, 9.17) is 4.42 Å². The zero-order chi connectivity index (χ0) is 12.7. The molecule has 0 aliphatic heterocycles. The second-order valence-corrected chi connectivity index (χ2v) is 3.98. The van der Waals surface area contributed by atoms with Crippen LogP contribution in [0, 0.1) is 0 Å². The van der Waals surface area contributed by atoms with Crippen LogP contribution in [0.3, 0.4) is 0 Å². The Morgan fingerprint density at radius 3 is 2.44 bits per heavy atom. The van der Waals surface area contributed by atoms with Crippen molar-refractivity contribution in [1.29, 1.82) is 0 Å². The SMILES string of the molecule is CCNC(=NCC(C)(O)c1ccco1)NCC.I. The minimum Gasteiger partial charge on any atom is -0.466 e. The van der Waals surface area contributed by atoms with Crippen LogP contribution < -0.4 is 10.6 Å². The van der Waals surface area contributed by atoms with E-state index in [-0.39, 0.29) is 30.5 Å². The summed E-state index contributed by atoms with van der Waals surface area (Å²) in [5.74, 6) is 1.22. The Hall–Kier alpha value is -0.760. The largest absolute Gasteiger partial charge is 0.466 e. The molecule has 1 aromatic rings. The number of rotatable bonds is 5. The van der Waals surface area contributed by atoms with Crippen LogP contribution >= 0.6 is 24.0 Å². The van der Waals surface area contributed by atoms with Gasteiger partial charge in [0.05, 0.1) is 12.8 Å². The molecule has 104 valence electrons. The zero-order valence-electron chi connectivity index (χ0n) is 11.1. The van der Waals surface area contributed by atoms with Gasteiger partial charge in [-0.25, -0.2) is 4.99 Å². The fourth-order valence-corrected chi connectivity index (χ4v) is 1.41. The van der Waals surface area contributed by atoms with E-state index < -0.39 is 5.60 Å². The molecule has 0 spiro atoms. The molecule has 5 nitrogen and oxygen atoms in total. The molecule has 1 aromatic heterocycles. The van der Waals surface area contributed by atoms with Gasteiger partial charge >= 0.3 is 0 Å². The van der Waals surface area contributed by atoms with Crippen LogP contribution in [0.2, 0.25) is 0 Å². The molecule has 3 N–H and O–H groups in total. The molecule has 0 saturated heterocycles. The molecule has 0 saturated carbocycles. The Bertz CT molecular complexity index is 342. The highest BCUT2D eigenvalue weighted by atomic mass is 127. The van der Waals surface area contributed by atoms with Gasteiger partial charge < -0.3 is 20.2 Å². The van der Waals surface area contributed by atoms with E-state index in [9.17, 15) is 5.11 Å². The lowest BCUT2D eigenvalue weighted by molar-refractivity contribution is 0.0437. The Kier molecular flexibility index (Phi) is 8.01. The quantitative estimate of drug-likeness (QED) is 0.421. The van der Waals surface area contributed by atoms with Gasteiger partial charge in [0.15, 0.2) is 5.96 Å². The first-order valence-electron chi connectivity index (χ1n) is 5.88. The van der Waals surface area contributed by atoms with Gasteiger partial charge in [-0.05, 0) is 32.9 Å². The van der Waals surface area contributed by atoms with Gasteiger partial charge in [-0.3, -0.25) is 0 Å². The minimum atomic E-state index is -1.08. The number of hydrogen-bond acceptors (Lipinski definition) is 3. The molecule has 0 aromatic carbocycles. The predicted molar refractivity (Wildman–Crippen MR) is 83.3 cm³/mol. The average Bonchev–Trinajstić information content (AvgIpc) is 2.81. The first-order valence-corrected chi connectivity index (χ1v) is 5.88. The lowest BCUT2D eigenvalue weighted by atomic mass is 10.0. The van der Waals surface area contributed by atoms with E-state index in [2.05, 4.69) is 15.6 Å². The summed E-state index contributed by atoms with van der Waals surface area (Å²) < 4.78 is 5.19. The molecule has 0 aliphatic rings. The van der Waals surface area contributed by atoms with Gasteiger partial charge in [0.25, 0.3) is 0 Å². The maximum Gasteiger partial charge on any atom is 0.191 e. The summed E-state index contributed by atoms with van der Waals surface area (Å²) in [6.07, 6.45) is 1.54. The topological polar surface area (TPSA) is 69.8 Å². The molecule has 0 radical (unpaired) electrons. The highest BCUT2D eigenvalue weighted by Crippen LogP contribution is 2.20. The summed E-state index contributed by atoms with van der Waals surface area (Å²) in [6, 6.07) is 3.50. The second kappa shape index (κ2) is 8.36. The number of hydrogen-bond donors (Lipinski definition) is 3. The summed E-state index contributed by atoms with van der Waals surface area (Å²) in [4.78, 5) is 4.32. The zero-order valence-corrected chi connectivity index (χ0v) is 13.4. The van der Waals surface area contributed by atoms with Crippen LogP contribution in [-0.2, 0) is 5.60 Å². The average molecular weight is 367 g/mol. The van der Waals surface area contributed by atoms with E-state index in [0.29, 0.717) is 11.7 Å². The highest BCUT2D eigenvalue weighted by molar-refractivity contribution is 14.0. The van der Waals surface area contributed by atoms with Gasteiger partial charge in [0.1, 0.15) is 11.4 Å². The van der Waals surface area contributed by atoms with Gasteiger partial charge in [0, 0.05) is 13.1 Å². The number of nitrogens with zero attached hydrogens (tertiary/aromatic N) is 1. The van der Waals surface area contributed by atoms with Gasteiger partial charge in [-0.15, -0.1) is 24.0 Å². The molecule has 18 heavy (non-hydrogen) atoms. The Balaban J connectivity index is 0.00000289. The molecule has 1 atom stereocenters. The van der Waals surface area contributed by atoms with Crippen molar-refractivity contribution in [1.82, 2.24) is 10.6 Å². The summed E-state index contributed by atoms with van der Waals surface area (Å²) in [6.45, 7) is 7.50. The Morgan fingerprint density at radius 2 is 2.00 bits per heavy atom. The van der Waals surface area contributed by atoms with Crippen molar-refractivity contribution < 1.29 is 9.52 Å². The van der Waals surface area contributed by atoms with Crippen molar-refractivity contribution in [3.8, 4) is 0 Å². The first kappa shape index (κ1) is 17.2. The van der Waals surface area contributed by atoms with Crippen LogP contribution in [-0.4, -0.2) is 30.7 Å². The number of nitrogens with one attached hydrogen (secondary N) is 2. The molecule has 0 fully saturated rings. The maximum atomic E-state index is 10.2. The molecule has 1 heterocycles. The third kappa shape index (κ3) is 5.26. The predicted octanol–water partition coefficient (Wildman–Crippen LogP) is 1.68. The molecule has 6 heteroatoms. The molecule has 1 rings (SSSR count). The second-order valence-electron chi connectivity index (χ2n) is 3.98. The van der Waals surface area contributed by atoms with Crippen molar-refractivity contribution in [3.05, 3.63) is 24.2 Å². The van der Waals surface area contributed by atoms with E-state index >= 15 is 0 Å². The van der Waals surface area contributed by atoms with Crippen molar-refractivity contribution in [3.63, 3.8) is 0 Å². The Morgan fingerprint density at radius 1 is 1.39 bits per heavy atom. The molecule has 0 aliphatic carbocycles. The number of halogens is 1. The third-order valence-corrected chi connectivity index (χ3v) is 2.29. The number of furan rings is 1. The van der Waals surface area contributed by atoms with Crippen LogP contribution in [0.4, 0.5) is 0 Å². The number of guanidine groups is 1. The summed E-state index contributed by atoms with van der Waals surface area (Å²) >= 11 is 0. The summed E-state index contributed by atoms with van der Waals surface area (Å²) in [5, 5.41) is 16.4. The number of aliphatic imine (C=N–C) groups is 1. The number of aliphatic hydroxyl groups is 1. The van der Waals surface area contributed by atoms with Crippen LogP contribution in [0.5, 0.6) is 0 Å². The van der Waals surface area contributed by atoms with Crippen LogP contribution in [0.1, 0.15) is 26.5 Å². The molecule has 0 amide bonds. The van der Waals surface area contributed by atoms with Crippen molar-refractivity contribution >= 4 is 29.9 Å². The molecular weight excluding hydrogens is 345 g/mol. The minimum absolute atomic E-state index is 0. The van der Waals surface area contributed by atoms with E-state index in [0.717, 1.165) is 13.1 Å². The fourth-order valence-electron chi connectivity index (χ4n) is 1.41. The maximum absolute atomic E-state index is 10.2. The summed E-state index contributed by atoms with van der Waals surface area (Å²) in [5.41, 5.74) is -1.08. The van der Waals surface area contributed by atoms with Gasteiger partial charge in [-0.1, -0.05) is 0 Å². The lowest BCUT2D eigenvalue weighted by Crippen LogP contribution is -2.38. The first-order chi connectivity index (χ1) is 8.10. The molecule has 1 unspecified atom stereocenters. The van der Waals surface area contributed by atoms with Gasteiger partial charge in [0.2, 0.25) is 0 Å². The van der Waals surface area contributed by atoms with Crippen molar-refractivity contribution in [2.75, 3.05) is 19.6 Å². The van der Waals surface area contributed by atoms with E-state index in [1.54, 1.807) is 25.3 Å². The molecular formula is C12H22IN3O2. The standard InChI is InChI=1S/C12H21N3O2.HI/c1-4-13-11(14-5-2)15-9-12(3,16)10-7-6-8-17-10;/h6-8,16H,4-5,9H2,1-3H3,(H2,13,14,15);1H. The van der Waals surface area contributed by atoms with E-state index in [1.807, 2.05) is 13.8 Å². The van der Waals surface area contributed by atoms with Gasteiger partial charge in [-0.2, -0.15) is 0 Å². The fraction of sp³-hybridized carbons (Fsp3) is 0.583. The van der Waals surface area contributed by atoms with Crippen molar-refractivity contribution in [2.45, 2.75) is 26.4 Å². The smallest absolute Gasteiger partial charge is 0.191 e.